The molecule has 1 aliphatic carbocycles. The van der Waals surface area contributed by atoms with Crippen LogP contribution >= 0.6 is 0 Å². The Morgan fingerprint density at radius 3 is 2.73 bits per heavy atom. The van der Waals surface area contributed by atoms with Crippen molar-refractivity contribution in [2.75, 3.05) is 6.54 Å². The lowest BCUT2D eigenvalue weighted by atomic mass is 10.0. The zero-order valence-electron chi connectivity index (χ0n) is 7.01. The molecule has 0 bridgehead atoms. The van der Waals surface area contributed by atoms with Crippen LogP contribution in [-0.2, 0) is 0 Å². The number of hydrogen-bond donors (Lipinski definition) is 1. The normalized spacial score (nSPS) is 30.7. The van der Waals surface area contributed by atoms with E-state index in [9.17, 15) is 0 Å². The highest BCUT2D eigenvalue weighted by atomic mass is 14.5. The van der Waals surface area contributed by atoms with Gasteiger partial charge in [0, 0.05) is 6.54 Å². The van der Waals surface area contributed by atoms with Crippen LogP contribution in [0.4, 0.5) is 0 Å². The summed E-state index contributed by atoms with van der Waals surface area (Å²) in [5.74, 6) is 0. The number of rotatable bonds is 1. The smallest absolute Gasteiger partial charge is 0.0140 e. The molecule has 0 saturated heterocycles. The molecule has 0 amide bonds. The second-order valence-electron chi connectivity index (χ2n) is 2.93. The molecule has 0 atom stereocenters. The largest absolute Gasteiger partial charge is 0.327 e. The maximum Gasteiger partial charge on any atom is 0.0140 e. The Morgan fingerprint density at radius 1 is 1.27 bits per heavy atom. The van der Waals surface area contributed by atoms with Crippen LogP contribution in [0, 0.1) is 0 Å². The van der Waals surface area contributed by atoms with Gasteiger partial charge in [-0.05, 0) is 19.8 Å². The third kappa shape index (κ3) is 2.72. The molecule has 11 heavy (non-hydrogen) atoms. The summed E-state index contributed by atoms with van der Waals surface area (Å²) in [6.07, 6.45) is 10.7. The highest BCUT2D eigenvalue weighted by Gasteiger charge is 1.96. The summed E-state index contributed by atoms with van der Waals surface area (Å²) in [5.41, 5.74) is 8.32. The van der Waals surface area contributed by atoms with Gasteiger partial charge < -0.3 is 5.73 Å². The Hall–Kier alpha value is -0.820. The van der Waals surface area contributed by atoms with E-state index in [0.717, 1.165) is 12.8 Å². The summed E-state index contributed by atoms with van der Waals surface area (Å²) in [6.45, 7) is 2.85. The van der Waals surface area contributed by atoms with E-state index in [1.54, 1.807) is 0 Å². The lowest BCUT2D eigenvalue weighted by Crippen LogP contribution is -2.03. The monoisotopic (exact) mass is 149 g/mol. The molecule has 0 aromatic heterocycles. The van der Waals surface area contributed by atoms with E-state index in [2.05, 4.69) is 31.2 Å². The van der Waals surface area contributed by atoms with Crippen molar-refractivity contribution in [1.29, 1.82) is 0 Å². The molecule has 0 unspecified atom stereocenters. The Balaban J connectivity index is 2.65. The molecule has 0 aliphatic heterocycles. The van der Waals surface area contributed by atoms with E-state index in [4.69, 9.17) is 5.73 Å². The van der Waals surface area contributed by atoms with Crippen LogP contribution in [0.25, 0.3) is 0 Å². The van der Waals surface area contributed by atoms with Crippen molar-refractivity contribution in [2.45, 2.75) is 19.8 Å². The Bertz CT molecular complexity index is 209. The fourth-order valence-corrected chi connectivity index (χ4v) is 1.11. The summed E-state index contributed by atoms with van der Waals surface area (Å²) in [7, 11) is 0. The predicted octanol–water partition coefficient (Wildman–Crippen LogP) is 2.17. The SMILES string of the molecule is C\C1=C/C=C\C=C(\CN)CC1. The van der Waals surface area contributed by atoms with E-state index in [0.29, 0.717) is 6.54 Å². The number of nitrogens with two attached hydrogens (primary N) is 1. The second kappa shape index (κ2) is 4.14. The van der Waals surface area contributed by atoms with Crippen molar-refractivity contribution in [3.05, 3.63) is 35.5 Å². The van der Waals surface area contributed by atoms with Crippen molar-refractivity contribution >= 4 is 0 Å². The first-order chi connectivity index (χ1) is 5.33. The molecule has 0 fully saturated rings. The van der Waals surface area contributed by atoms with Crippen LogP contribution < -0.4 is 5.73 Å². The van der Waals surface area contributed by atoms with Gasteiger partial charge in [-0.3, -0.25) is 0 Å². The van der Waals surface area contributed by atoms with Gasteiger partial charge in [0.1, 0.15) is 0 Å². The molecule has 1 aliphatic rings. The zero-order chi connectivity index (χ0) is 8.10. The van der Waals surface area contributed by atoms with Gasteiger partial charge in [-0.25, -0.2) is 0 Å². The van der Waals surface area contributed by atoms with Gasteiger partial charge in [0.2, 0.25) is 0 Å². The van der Waals surface area contributed by atoms with Crippen LogP contribution in [0.1, 0.15) is 19.8 Å². The van der Waals surface area contributed by atoms with Crippen molar-refractivity contribution in [3.8, 4) is 0 Å². The standard InChI is InChI=1S/C10H15N/c1-9-4-2-3-5-10(8-11)7-6-9/h2-5H,6-8,11H2,1H3/b3-2-,9-4+,10-5+. The van der Waals surface area contributed by atoms with Gasteiger partial charge in [0.25, 0.3) is 0 Å². The molecule has 0 radical (unpaired) electrons. The lowest BCUT2D eigenvalue weighted by molar-refractivity contribution is 0.889. The highest BCUT2D eigenvalue weighted by molar-refractivity contribution is 5.23. The number of hydrogen-bond acceptors (Lipinski definition) is 1. The molecule has 60 valence electrons. The molecule has 1 rings (SSSR count). The minimum Gasteiger partial charge on any atom is -0.327 e. The van der Waals surface area contributed by atoms with Gasteiger partial charge in [-0.15, -0.1) is 0 Å². The number of allylic oxidation sites excluding steroid dienone is 5. The third-order valence-corrected chi connectivity index (χ3v) is 1.93. The van der Waals surface area contributed by atoms with Gasteiger partial charge in [-0.2, -0.15) is 0 Å². The fourth-order valence-electron chi connectivity index (χ4n) is 1.11. The fraction of sp³-hybridized carbons (Fsp3) is 0.400. The van der Waals surface area contributed by atoms with E-state index in [1.807, 2.05) is 0 Å². The van der Waals surface area contributed by atoms with Crippen LogP contribution in [0.5, 0.6) is 0 Å². The van der Waals surface area contributed by atoms with E-state index < -0.39 is 0 Å². The predicted molar refractivity (Wildman–Crippen MR) is 49.3 cm³/mol. The Kier molecular flexibility index (Phi) is 3.12. The molecule has 0 aromatic carbocycles. The van der Waals surface area contributed by atoms with Crippen molar-refractivity contribution in [3.63, 3.8) is 0 Å². The topological polar surface area (TPSA) is 26.0 Å². The first kappa shape index (κ1) is 8.28. The molecule has 0 aromatic rings. The summed E-state index contributed by atoms with van der Waals surface area (Å²) >= 11 is 0. The van der Waals surface area contributed by atoms with Gasteiger partial charge >= 0.3 is 0 Å². The van der Waals surface area contributed by atoms with Crippen molar-refractivity contribution in [1.82, 2.24) is 0 Å². The maximum atomic E-state index is 5.55. The van der Waals surface area contributed by atoms with Gasteiger partial charge in [0.05, 0.1) is 0 Å². The third-order valence-electron chi connectivity index (χ3n) is 1.93. The molecule has 1 nitrogen and oxygen atoms in total. The van der Waals surface area contributed by atoms with E-state index >= 15 is 0 Å². The van der Waals surface area contributed by atoms with Crippen LogP contribution in [0.3, 0.4) is 0 Å². The quantitative estimate of drug-likeness (QED) is 0.607. The molecule has 0 spiro atoms. The first-order valence-electron chi connectivity index (χ1n) is 4.05. The van der Waals surface area contributed by atoms with E-state index in [1.165, 1.54) is 11.1 Å². The average molecular weight is 149 g/mol. The Morgan fingerprint density at radius 2 is 2.00 bits per heavy atom. The summed E-state index contributed by atoms with van der Waals surface area (Å²) in [4.78, 5) is 0. The van der Waals surface area contributed by atoms with Crippen molar-refractivity contribution in [2.24, 2.45) is 5.73 Å². The van der Waals surface area contributed by atoms with Gasteiger partial charge in [0.15, 0.2) is 0 Å². The zero-order valence-corrected chi connectivity index (χ0v) is 7.01. The maximum absolute atomic E-state index is 5.55. The Labute approximate surface area is 68.3 Å². The minimum atomic E-state index is 0.692. The van der Waals surface area contributed by atoms with Crippen molar-refractivity contribution < 1.29 is 0 Å². The van der Waals surface area contributed by atoms with Crippen LogP contribution in [-0.4, -0.2) is 6.54 Å². The van der Waals surface area contributed by atoms with Crippen LogP contribution in [0.15, 0.2) is 35.5 Å². The summed E-state index contributed by atoms with van der Waals surface area (Å²) < 4.78 is 0. The molecule has 1 heteroatoms. The summed E-state index contributed by atoms with van der Waals surface area (Å²) in [6, 6.07) is 0. The molecular formula is C10H15N. The first-order valence-corrected chi connectivity index (χ1v) is 4.05. The van der Waals surface area contributed by atoms with Crippen LogP contribution in [0.2, 0.25) is 0 Å². The van der Waals surface area contributed by atoms with E-state index in [-0.39, 0.29) is 0 Å². The average Bonchev–Trinajstić information content (AvgIpc) is 1.98. The highest BCUT2D eigenvalue weighted by Crippen LogP contribution is 2.12. The second-order valence-corrected chi connectivity index (χ2v) is 2.93. The van der Waals surface area contributed by atoms with Gasteiger partial charge in [-0.1, -0.05) is 35.5 Å². The molecule has 0 saturated carbocycles. The minimum absolute atomic E-state index is 0.692. The molecular weight excluding hydrogens is 134 g/mol. The summed E-state index contributed by atoms with van der Waals surface area (Å²) in [5, 5.41) is 0. The molecule has 0 heterocycles. The lowest BCUT2D eigenvalue weighted by Gasteiger charge is -2.05. The molecule has 2 N–H and O–H groups in total.